The number of nitrogens with zero attached hydrogens (tertiary/aromatic N) is 1. The van der Waals surface area contributed by atoms with Crippen molar-refractivity contribution in [2.45, 2.75) is 6.92 Å². The fourth-order valence-electron chi connectivity index (χ4n) is 2.86. The Morgan fingerprint density at radius 1 is 0.742 bits per heavy atom. The van der Waals surface area contributed by atoms with Crippen molar-refractivity contribution in [3.05, 3.63) is 83.9 Å². The first-order chi connectivity index (χ1) is 14.8. The molecule has 7 heteroatoms. The molecular weight excluding hydrogens is 394 g/mol. The van der Waals surface area contributed by atoms with E-state index in [4.69, 9.17) is 4.74 Å². The van der Waals surface area contributed by atoms with Crippen molar-refractivity contribution in [1.82, 2.24) is 0 Å². The predicted molar refractivity (Wildman–Crippen MR) is 121 cm³/mol. The fourth-order valence-corrected chi connectivity index (χ4v) is 2.86. The normalized spacial score (nSPS) is 10.2. The van der Waals surface area contributed by atoms with Crippen LogP contribution >= 0.6 is 0 Å². The highest BCUT2D eigenvalue weighted by Crippen LogP contribution is 2.19. The highest BCUT2D eigenvalue weighted by molar-refractivity contribution is 6.06. The molecule has 0 fully saturated rings. The molecule has 3 rings (SSSR count). The summed E-state index contributed by atoms with van der Waals surface area (Å²) in [5, 5.41) is 5.61. The van der Waals surface area contributed by atoms with E-state index in [9.17, 15) is 14.4 Å². The summed E-state index contributed by atoms with van der Waals surface area (Å²) in [4.78, 5) is 38.1. The maximum atomic E-state index is 12.6. The molecule has 3 aromatic rings. The van der Waals surface area contributed by atoms with E-state index in [2.05, 4.69) is 10.6 Å². The fraction of sp³-hybridized carbons (Fsp3) is 0.125. The predicted octanol–water partition coefficient (Wildman–Crippen LogP) is 4.18. The topological polar surface area (TPSA) is 87.7 Å². The van der Waals surface area contributed by atoms with E-state index >= 15 is 0 Å². The first-order valence-electron chi connectivity index (χ1n) is 9.60. The van der Waals surface area contributed by atoms with Crippen molar-refractivity contribution in [2.75, 3.05) is 29.6 Å². The van der Waals surface area contributed by atoms with Gasteiger partial charge in [-0.15, -0.1) is 0 Å². The zero-order valence-corrected chi connectivity index (χ0v) is 17.5. The minimum atomic E-state index is -0.461. The lowest BCUT2D eigenvalue weighted by atomic mass is 10.1. The molecule has 0 radical (unpaired) electrons. The van der Waals surface area contributed by atoms with Gasteiger partial charge in [0.25, 0.3) is 11.8 Å². The first-order valence-corrected chi connectivity index (χ1v) is 9.60. The molecule has 0 aliphatic rings. The number of carbonyl (C=O) groups is 3. The number of benzene rings is 3. The monoisotopic (exact) mass is 417 g/mol. The number of rotatable bonds is 6. The summed E-state index contributed by atoms with van der Waals surface area (Å²) in [6.45, 7) is 1.29. The average molecular weight is 417 g/mol. The molecule has 0 spiro atoms. The van der Waals surface area contributed by atoms with Crippen LogP contribution in [0.3, 0.4) is 0 Å². The molecule has 31 heavy (non-hydrogen) atoms. The molecule has 0 saturated heterocycles. The summed E-state index contributed by atoms with van der Waals surface area (Å²) in [6, 6.07) is 20.4. The number of ether oxygens (including phenoxy) is 1. The van der Waals surface area contributed by atoms with Gasteiger partial charge in [-0.3, -0.25) is 14.4 Å². The van der Waals surface area contributed by atoms with Crippen LogP contribution in [-0.2, 0) is 4.79 Å². The van der Waals surface area contributed by atoms with E-state index < -0.39 is 5.97 Å². The number of esters is 1. The molecule has 0 saturated carbocycles. The van der Waals surface area contributed by atoms with E-state index in [1.54, 1.807) is 54.6 Å². The summed E-state index contributed by atoms with van der Waals surface area (Å²) in [5.74, 6) is -0.779. The number of anilines is 3. The van der Waals surface area contributed by atoms with Gasteiger partial charge in [-0.2, -0.15) is 0 Å². The molecule has 158 valence electrons. The Hall–Kier alpha value is -4.13. The van der Waals surface area contributed by atoms with Crippen molar-refractivity contribution in [3.8, 4) is 5.75 Å². The van der Waals surface area contributed by atoms with Crippen molar-refractivity contribution in [3.63, 3.8) is 0 Å². The van der Waals surface area contributed by atoms with Gasteiger partial charge in [-0.1, -0.05) is 12.1 Å². The van der Waals surface area contributed by atoms with Gasteiger partial charge in [0.05, 0.1) is 0 Å². The molecule has 0 heterocycles. The minimum absolute atomic E-state index is 0.247. The van der Waals surface area contributed by atoms with Crippen LogP contribution in [-0.4, -0.2) is 31.9 Å². The molecule has 7 nitrogen and oxygen atoms in total. The molecule has 0 atom stereocenters. The third-order valence-electron chi connectivity index (χ3n) is 4.38. The van der Waals surface area contributed by atoms with E-state index in [1.807, 2.05) is 31.1 Å². The Morgan fingerprint density at radius 3 is 1.90 bits per heavy atom. The summed E-state index contributed by atoms with van der Waals surface area (Å²) in [7, 11) is 3.86. The molecule has 0 unspecified atom stereocenters. The van der Waals surface area contributed by atoms with Gasteiger partial charge < -0.3 is 20.3 Å². The molecule has 0 aliphatic heterocycles. The smallest absolute Gasteiger partial charge is 0.308 e. The average Bonchev–Trinajstić information content (AvgIpc) is 2.73. The Morgan fingerprint density at radius 2 is 1.32 bits per heavy atom. The molecule has 2 amide bonds. The van der Waals surface area contributed by atoms with Gasteiger partial charge in [0.15, 0.2) is 0 Å². The van der Waals surface area contributed by atoms with Crippen molar-refractivity contribution >= 4 is 34.8 Å². The lowest BCUT2D eigenvalue weighted by Crippen LogP contribution is -2.14. The highest BCUT2D eigenvalue weighted by Gasteiger charge is 2.10. The van der Waals surface area contributed by atoms with Gasteiger partial charge in [0.1, 0.15) is 5.75 Å². The second-order valence-corrected chi connectivity index (χ2v) is 7.05. The number of amides is 2. The van der Waals surface area contributed by atoms with Gasteiger partial charge in [-0.25, -0.2) is 0 Å². The van der Waals surface area contributed by atoms with Crippen LogP contribution in [0.25, 0.3) is 0 Å². The highest BCUT2D eigenvalue weighted by atomic mass is 16.5. The Bertz CT molecular complexity index is 1110. The third kappa shape index (κ3) is 5.93. The van der Waals surface area contributed by atoms with E-state index in [1.165, 1.54) is 13.0 Å². The zero-order valence-electron chi connectivity index (χ0n) is 17.5. The van der Waals surface area contributed by atoms with E-state index in [0.717, 1.165) is 5.69 Å². The molecule has 3 aromatic carbocycles. The van der Waals surface area contributed by atoms with Crippen LogP contribution in [0, 0.1) is 0 Å². The van der Waals surface area contributed by atoms with Gasteiger partial charge in [0, 0.05) is 49.2 Å². The summed E-state index contributed by atoms with van der Waals surface area (Å²) in [6.07, 6.45) is 0. The van der Waals surface area contributed by atoms with Crippen LogP contribution < -0.4 is 20.3 Å². The van der Waals surface area contributed by atoms with E-state index in [-0.39, 0.29) is 11.8 Å². The zero-order chi connectivity index (χ0) is 22.4. The molecule has 0 aliphatic carbocycles. The Kier molecular flexibility index (Phi) is 6.67. The standard InChI is InChI=1S/C24H23N3O4/c1-16(28)31-22-9-4-6-18(14-22)24(30)26-20-8-5-7-19(15-20)25-23(29)17-10-12-21(13-11-17)27(2)3/h4-15H,1-3H3,(H,25,29)(H,26,30). The quantitative estimate of drug-likeness (QED) is 0.464. The lowest BCUT2D eigenvalue weighted by molar-refractivity contribution is -0.131. The van der Waals surface area contributed by atoms with Crippen LogP contribution in [0.15, 0.2) is 72.8 Å². The van der Waals surface area contributed by atoms with Gasteiger partial charge in [0.2, 0.25) is 0 Å². The Labute approximate surface area is 180 Å². The molecular formula is C24H23N3O4. The maximum absolute atomic E-state index is 12.6. The first kappa shape index (κ1) is 21.6. The lowest BCUT2D eigenvalue weighted by Gasteiger charge is -2.13. The summed E-state index contributed by atoms with van der Waals surface area (Å²) < 4.78 is 5.01. The number of nitrogens with one attached hydrogen (secondary N) is 2. The van der Waals surface area contributed by atoms with Crippen LogP contribution in [0.5, 0.6) is 5.75 Å². The second kappa shape index (κ2) is 9.58. The van der Waals surface area contributed by atoms with Crippen molar-refractivity contribution in [1.29, 1.82) is 0 Å². The maximum Gasteiger partial charge on any atom is 0.308 e. The van der Waals surface area contributed by atoms with Crippen LogP contribution in [0.1, 0.15) is 27.6 Å². The van der Waals surface area contributed by atoms with Crippen LogP contribution in [0.2, 0.25) is 0 Å². The SMILES string of the molecule is CC(=O)Oc1cccc(C(=O)Nc2cccc(NC(=O)c3ccc(N(C)C)cc3)c2)c1. The van der Waals surface area contributed by atoms with E-state index in [0.29, 0.717) is 28.3 Å². The third-order valence-corrected chi connectivity index (χ3v) is 4.38. The minimum Gasteiger partial charge on any atom is -0.427 e. The largest absolute Gasteiger partial charge is 0.427 e. The molecule has 0 aromatic heterocycles. The Balaban J connectivity index is 1.68. The molecule has 0 bridgehead atoms. The second-order valence-electron chi connectivity index (χ2n) is 7.05. The summed E-state index contributed by atoms with van der Waals surface area (Å²) in [5.41, 5.74) is 2.94. The number of hydrogen-bond acceptors (Lipinski definition) is 5. The van der Waals surface area contributed by atoms with Gasteiger partial charge >= 0.3 is 5.97 Å². The number of hydrogen-bond donors (Lipinski definition) is 2. The van der Waals surface area contributed by atoms with Crippen LogP contribution in [0.4, 0.5) is 17.1 Å². The van der Waals surface area contributed by atoms with Gasteiger partial charge in [-0.05, 0) is 60.7 Å². The summed E-state index contributed by atoms with van der Waals surface area (Å²) >= 11 is 0. The van der Waals surface area contributed by atoms with Crippen molar-refractivity contribution in [2.24, 2.45) is 0 Å². The number of carbonyl (C=O) groups excluding carboxylic acids is 3. The van der Waals surface area contributed by atoms with Crippen molar-refractivity contribution < 1.29 is 19.1 Å². The molecule has 2 N–H and O–H groups in total.